The Morgan fingerprint density at radius 2 is 2.08 bits per heavy atom. The van der Waals surface area contributed by atoms with Crippen LogP contribution in [0.4, 0.5) is 0 Å². The molecule has 6 nitrogen and oxygen atoms in total. The normalized spacial score (nSPS) is 16.4. The van der Waals surface area contributed by atoms with Crippen molar-refractivity contribution in [3.63, 3.8) is 0 Å². The van der Waals surface area contributed by atoms with Crippen LogP contribution in [0.25, 0.3) is 0 Å². The molecule has 1 amide bonds. The molecule has 25 heavy (non-hydrogen) atoms. The van der Waals surface area contributed by atoms with Gasteiger partial charge in [-0.2, -0.15) is 11.3 Å². The molecule has 1 aromatic heterocycles. The minimum absolute atomic E-state index is 0.0544. The highest BCUT2D eigenvalue weighted by molar-refractivity contribution is 7.90. The maximum absolute atomic E-state index is 12.1. The van der Waals surface area contributed by atoms with Crippen LogP contribution in [0.15, 0.2) is 51.0 Å². The predicted molar refractivity (Wildman–Crippen MR) is 98.2 cm³/mol. The number of carbonyl (C=O) groups is 1. The topological polar surface area (TPSA) is 78.8 Å². The zero-order valence-electron chi connectivity index (χ0n) is 13.8. The van der Waals surface area contributed by atoms with Crippen molar-refractivity contribution >= 4 is 33.1 Å². The molecule has 0 saturated carbocycles. The second-order valence-electron chi connectivity index (χ2n) is 5.82. The molecule has 2 aromatic rings. The molecule has 8 heteroatoms. The molecular weight excluding hydrogens is 358 g/mol. The van der Waals surface area contributed by atoms with Gasteiger partial charge in [0.15, 0.2) is 0 Å². The third kappa shape index (κ3) is 4.08. The summed E-state index contributed by atoms with van der Waals surface area (Å²) < 4.78 is 26.5. The van der Waals surface area contributed by atoms with Gasteiger partial charge in [-0.1, -0.05) is 12.1 Å². The number of hydrogen-bond acceptors (Lipinski definition) is 5. The lowest BCUT2D eigenvalue weighted by molar-refractivity contribution is -0.130. The first-order valence-electron chi connectivity index (χ1n) is 7.89. The molecule has 3 rings (SSSR count). The largest absolute Gasteiger partial charge is 0.341 e. The van der Waals surface area contributed by atoms with Gasteiger partial charge in [-0.15, -0.1) is 0 Å². The number of benzene rings is 1. The highest BCUT2D eigenvalue weighted by Crippen LogP contribution is 2.22. The van der Waals surface area contributed by atoms with Gasteiger partial charge in [-0.3, -0.25) is 14.5 Å². The summed E-state index contributed by atoms with van der Waals surface area (Å²) >= 11 is 1.61. The quantitative estimate of drug-likeness (QED) is 0.784. The Balaban J connectivity index is 1.53. The fourth-order valence-corrected chi connectivity index (χ4v) is 4.52. The molecule has 2 heterocycles. The number of carbonyl (C=O) groups excluding carboxylic acids is 1. The van der Waals surface area contributed by atoms with E-state index in [4.69, 9.17) is 0 Å². The Morgan fingerprint density at radius 1 is 1.28 bits per heavy atom. The van der Waals surface area contributed by atoms with E-state index in [9.17, 15) is 13.2 Å². The van der Waals surface area contributed by atoms with E-state index in [0.29, 0.717) is 37.3 Å². The molecule has 1 aliphatic heterocycles. The first-order chi connectivity index (χ1) is 12.0. The van der Waals surface area contributed by atoms with Crippen molar-refractivity contribution in [1.29, 1.82) is 0 Å². The zero-order chi connectivity index (χ0) is 17.9. The number of aliphatic imine (C=N–C) groups is 1. The Bertz CT molecular complexity index is 890. The van der Waals surface area contributed by atoms with E-state index in [2.05, 4.69) is 9.71 Å². The molecule has 132 valence electrons. The van der Waals surface area contributed by atoms with Gasteiger partial charge in [-0.25, -0.2) is 8.42 Å². The van der Waals surface area contributed by atoms with Crippen molar-refractivity contribution in [2.24, 2.45) is 4.99 Å². The smallest absolute Gasteiger partial charge is 0.263 e. The summed E-state index contributed by atoms with van der Waals surface area (Å²) in [4.78, 5) is 18.4. The first kappa shape index (κ1) is 17.6. The van der Waals surface area contributed by atoms with Crippen LogP contribution >= 0.6 is 11.3 Å². The van der Waals surface area contributed by atoms with E-state index in [1.165, 1.54) is 0 Å². The molecule has 0 fully saturated rings. The Hall–Kier alpha value is -2.19. The van der Waals surface area contributed by atoms with E-state index in [0.717, 1.165) is 5.56 Å². The average molecular weight is 377 g/mol. The summed E-state index contributed by atoms with van der Waals surface area (Å²) in [6.07, 6.45) is 0.950. The van der Waals surface area contributed by atoms with Crippen LogP contribution in [0, 0.1) is 0 Å². The van der Waals surface area contributed by atoms with Gasteiger partial charge < -0.3 is 4.90 Å². The van der Waals surface area contributed by atoms with Crippen molar-refractivity contribution in [1.82, 2.24) is 9.62 Å². The van der Waals surface area contributed by atoms with Gasteiger partial charge in [0.05, 0.1) is 4.90 Å². The van der Waals surface area contributed by atoms with Gasteiger partial charge >= 0.3 is 0 Å². The second kappa shape index (κ2) is 7.37. The maximum atomic E-state index is 12.1. The van der Waals surface area contributed by atoms with E-state index in [1.807, 2.05) is 16.8 Å². The number of sulfonamides is 1. The molecule has 0 saturated heterocycles. The van der Waals surface area contributed by atoms with Crippen molar-refractivity contribution in [2.75, 3.05) is 13.6 Å². The number of nitrogens with one attached hydrogen (secondary N) is 1. The van der Waals surface area contributed by atoms with Crippen molar-refractivity contribution in [3.05, 3.63) is 52.2 Å². The lowest BCUT2D eigenvalue weighted by Gasteiger charge is -2.16. The van der Waals surface area contributed by atoms with Crippen LogP contribution in [0.1, 0.15) is 24.0 Å². The molecule has 1 aliphatic rings. The second-order valence-corrected chi connectivity index (χ2v) is 8.25. The first-order valence-corrected chi connectivity index (χ1v) is 10.3. The Kier molecular flexibility index (Phi) is 5.19. The lowest BCUT2D eigenvalue weighted by atomic mass is 10.2. The monoisotopic (exact) mass is 377 g/mol. The molecule has 0 spiro atoms. The number of amides is 1. The van der Waals surface area contributed by atoms with Crippen LogP contribution in [0.3, 0.4) is 0 Å². The molecule has 0 radical (unpaired) electrons. The highest BCUT2D eigenvalue weighted by Gasteiger charge is 2.29. The summed E-state index contributed by atoms with van der Waals surface area (Å²) in [5.41, 5.74) is 1.71. The maximum Gasteiger partial charge on any atom is 0.263 e. The van der Waals surface area contributed by atoms with Crippen molar-refractivity contribution in [2.45, 2.75) is 24.3 Å². The molecule has 1 aromatic carbocycles. The van der Waals surface area contributed by atoms with E-state index in [1.54, 1.807) is 47.5 Å². The highest BCUT2D eigenvalue weighted by atomic mass is 32.2. The summed E-state index contributed by atoms with van der Waals surface area (Å²) in [6, 6.07) is 8.75. The van der Waals surface area contributed by atoms with Crippen molar-refractivity contribution < 1.29 is 13.2 Å². The minimum atomic E-state index is -3.51. The van der Waals surface area contributed by atoms with E-state index in [-0.39, 0.29) is 10.8 Å². The lowest BCUT2D eigenvalue weighted by Crippen LogP contribution is -2.26. The average Bonchev–Trinajstić information content (AvgIpc) is 3.18. The Morgan fingerprint density at radius 3 is 2.84 bits per heavy atom. The number of fused-ring (bicyclic) bond motifs is 1. The third-order valence-corrected chi connectivity index (χ3v) is 6.04. The third-order valence-electron chi connectivity index (χ3n) is 3.91. The van der Waals surface area contributed by atoms with Gasteiger partial charge in [0.1, 0.15) is 5.84 Å². The molecule has 1 N–H and O–H groups in total. The van der Waals surface area contributed by atoms with Crippen LogP contribution in [0.2, 0.25) is 0 Å². The molecule has 0 atom stereocenters. The number of thiophene rings is 1. The van der Waals surface area contributed by atoms with Gasteiger partial charge in [0, 0.05) is 32.1 Å². The van der Waals surface area contributed by atoms with Crippen LogP contribution in [-0.4, -0.2) is 38.7 Å². The molecule has 0 unspecified atom stereocenters. The van der Waals surface area contributed by atoms with Crippen LogP contribution in [0.5, 0.6) is 0 Å². The summed E-state index contributed by atoms with van der Waals surface area (Å²) in [6.45, 7) is 0.994. The predicted octanol–water partition coefficient (Wildman–Crippen LogP) is 2.23. The Labute approximate surface area is 151 Å². The van der Waals surface area contributed by atoms with Crippen LogP contribution < -0.4 is 4.72 Å². The van der Waals surface area contributed by atoms with Gasteiger partial charge in [-0.05, 0) is 40.9 Å². The number of rotatable bonds is 6. The number of amidine groups is 1. The van der Waals surface area contributed by atoms with Crippen LogP contribution in [-0.2, 0) is 21.4 Å². The standard InChI is InChI=1S/C17H19N3O3S2/c1-20(11-13-8-10-24-12-13)16(21)7-4-9-18-17-14-5-2-3-6-15(14)25(22,23)19-17/h2-3,5-6,8,10,12H,4,7,9,11H2,1H3,(H,18,19). The fraction of sp³-hybridized carbons (Fsp3) is 0.294. The minimum Gasteiger partial charge on any atom is -0.341 e. The fourth-order valence-electron chi connectivity index (χ4n) is 2.61. The number of nitrogens with zero attached hydrogens (tertiary/aromatic N) is 2. The van der Waals surface area contributed by atoms with Gasteiger partial charge in [0.25, 0.3) is 10.0 Å². The molecule has 0 bridgehead atoms. The van der Waals surface area contributed by atoms with E-state index >= 15 is 0 Å². The molecule has 0 aliphatic carbocycles. The summed E-state index contributed by atoms with van der Waals surface area (Å²) in [7, 11) is -1.72. The summed E-state index contributed by atoms with van der Waals surface area (Å²) in [5, 5.41) is 4.02. The van der Waals surface area contributed by atoms with Crippen molar-refractivity contribution in [3.8, 4) is 0 Å². The number of hydrogen-bond donors (Lipinski definition) is 1. The van der Waals surface area contributed by atoms with E-state index < -0.39 is 10.0 Å². The summed E-state index contributed by atoms with van der Waals surface area (Å²) in [5.74, 6) is 0.411. The SMILES string of the molecule is CN(Cc1ccsc1)C(=O)CCCN=C1NS(=O)(=O)c2ccccc21. The van der Waals surface area contributed by atoms with Gasteiger partial charge in [0.2, 0.25) is 5.91 Å². The molecular formula is C17H19N3O3S2. The zero-order valence-corrected chi connectivity index (χ0v) is 15.4.